The molecule has 0 aromatic rings. The molecule has 0 aliphatic rings. The quantitative estimate of drug-likeness (QED) is 0.636. The minimum atomic E-state index is -3.07. The van der Waals surface area contributed by atoms with Gasteiger partial charge in [0, 0.05) is 0 Å². The van der Waals surface area contributed by atoms with E-state index in [4.69, 9.17) is 0 Å². The lowest BCUT2D eigenvalue weighted by molar-refractivity contribution is 0.0486. The molecule has 0 heterocycles. The normalized spacial score (nSPS) is 14.5. The van der Waals surface area contributed by atoms with Gasteiger partial charge in [0.2, 0.25) is 0 Å². The van der Waals surface area contributed by atoms with Gasteiger partial charge in [-0.3, -0.25) is 0 Å². The molecule has 0 aromatic carbocycles. The Bertz CT molecular complexity index is 149. The Labute approximate surface area is 58.0 Å². The second-order valence-electron chi connectivity index (χ2n) is 1.70. The van der Waals surface area contributed by atoms with E-state index in [0.717, 1.165) is 0 Å². The Kier molecular flexibility index (Phi) is 4.42. The molecule has 0 saturated heterocycles. The maximum absolute atomic E-state index is 11.9. The van der Waals surface area contributed by atoms with E-state index in [9.17, 15) is 21.6 Å². The van der Waals surface area contributed by atoms with Crippen LogP contribution in [0.15, 0.2) is 0 Å². The Morgan fingerprint density at radius 2 is 1.70 bits per heavy atom. The molecule has 62 valence electrons. The highest BCUT2D eigenvalue weighted by atomic mass is 32.2. The molecule has 0 fully saturated rings. The Balaban J connectivity index is 3.49. The van der Waals surface area contributed by atoms with E-state index >= 15 is 0 Å². The van der Waals surface area contributed by atoms with Crippen LogP contribution in [-0.2, 0) is 10.7 Å². The molecule has 6 heteroatoms. The van der Waals surface area contributed by atoms with E-state index < -0.39 is 35.5 Å². The number of halogens is 3. The van der Waals surface area contributed by atoms with Crippen LogP contribution in [0.1, 0.15) is 6.42 Å². The van der Waals surface area contributed by atoms with E-state index in [1.165, 1.54) is 0 Å². The van der Waals surface area contributed by atoms with Gasteiger partial charge in [-0.2, -0.15) is 0 Å². The monoisotopic (exact) mass is 176 g/mol. The maximum Gasteiger partial charge on any atom is 0.269 e. The first kappa shape index (κ1) is 9.74. The van der Waals surface area contributed by atoms with Crippen molar-refractivity contribution in [2.24, 2.45) is 0 Å². The molecular weight excluding hydrogens is 169 g/mol. The predicted octanol–water partition coefficient (Wildman–Crippen LogP) is 0.591. The van der Waals surface area contributed by atoms with Gasteiger partial charge in [-0.15, -0.1) is 0 Å². The first-order valence-electron chi connectivity index (χ1n) is 2.58. The number of thiol groups is 1. The highest BCUT2D eigenvalue weighted by Gasteiger charge is 2.18. The fourth-order valence-electron chi connectivity index (χ4n) is 0.355. The van der Waals surface area contributed by atoms with Crippen LogP contribution in [-0.4, -0.2) is 26.8 Å². The van der Waals surface area contributed by atoms with Crippen LogP contribution in [0.25, 0.3) is 0 Å². The molecule has 0 spiro atoms. The average molecular weight is 176 g/mol. The van der Waals surface area contributed by atoms with Gasteiger partial charge in [0.1, 0.15) is 10.7 Å². The number of hydrogen-bond acceptors (Lipinski definition) is 2. The van der Waals surface area contributed by atoms with Crippen LogP contribution in [0.2, 0.25) is 0 Å². The summed E-state index contributed by atoms with van der Waals surface area (Å²) in [5.74, 6) is -0.513. The molecular formula is C4H7F3O2S. The smallest absolute Gasteiger partial charge is 0.241 e. The minimum absolute atomic E-state index is 0.513. The van der Waals surface area contributed by atoms with Crippen LogP contribution >= 0.6 is 0 Å². The Morgan fingerprint density at radius 3 is 2.00 bits per heavy atom. The molecule has 0 rings (SSSR count). The van der Waals surface area contributed by atoms with Crippen molar-refractivity contribution >= 4 is 10.7 Å². The van der Waals surface area contributed by atoms with E-state index in [0.29, 0.717) is 0 Å². The van der Waals surface area contributed by atoms with Gasteiger partial charge < -0.3 is 0 Å². The van der Waals surface area contributed by atoms with Gasteiger partial charge in [0.25, 0.3) is 6.43 Å². The van der Waals surface area contributed by atoms with Crippen LogP contribution < -0.4 is 0 Å². The molecule has 0 bridgehead atoms. The van der Waals surface area contributed by atoms with E-state index in [-0.39, 0.29) is 0 Å². The molecule has 1 atom stereocenters. The maximum atomic E-state index is 11.9. The summed E-state index contributed by atoms with van der Waals surface area (Å²) in [7, 11) is -2.73. The summed E-state index contributed by atoms with van der Waals surface area (Å²) >= 11 is 0. The zero-order valence-electron chi connectivity index (χ0n) is 4.97. The van der Waals surface area contributed by atoms with Crippen LogP contribution in [0.4, 0.5) is 13.2 Å². The van der Waals surface area contributed by atoms with E-state index in [1.54, 1.807) is 0 Å². The summed E-state index contributed by atoms with van der Waals surface area (Å²) in [4.78, 5) is 0. The third kappa shape index (κ3) is 4.60. The first-order chi connectivity index (χ1) is 4.54. The van der Waals surface area contributed by atoms with Gasteiger partial charge >= 0.3 is 0 Å². The standard InChI is InChI=1S/C4H7F3O2S/c5-3(4(6)7)1-2-10(8)9/h3-4,10H,1-2H2. The molecule has 0 aromatic heterocycles. The highest BCUT2D eigenvalue weighted by molar-refractivity contribution is 7.72. The Morgan fingerprint density at radius 1 is 1.20 bits per heavy atom. The lowest BCUT2D eigenvalue weighted by atomic mass is 10.3. The molecule has 10 heavy (non-hydrogen) atoms. The van der Waals surface area contributed by atoms with E-state index in [1.807, 2.05) is 0 Å². The fraction of sp³-hybridized carbons (Fsp3) is 1.00. The second kappa shape index (κ2) is 4.54. The molecule has 0 saturated carbocycles. The van der Waals surface area contributed by atoms with Crippen LogP contribution in [0, 0.1) is 0 Å². The number of alkyl halides is 3. The van der Waals surface area contributed by atoms with Crippen molar-refractivity contribution in [1.82, 2.24) is 0 Å². The third-order valence-corrected chi connectivity index (χ3v) is 1.48. The third-order valence-electron chi connectivity index (χ3n) is 0.861. The molecule has 2 nitrogen and oxygen atoms in total. The Hall–Kier alpha value is -0.260. The predicted molar refractivity (Wildman–Crippen MR) is 30.7 cm³/mol. The fourth-order valence-corrected chi connectivity index (χ4v) is 0.812. The number of hydrogen-bond donors (Lipinski definition) is 1. The summed E-state index contributed by atoms with van der Waals surface area (Å²) in [6.45, 7) is 0. The average Bonchev–Trinajstić information content (AvgIpc) is 1.82. The highest BCUT2D eigenvalue weighted by Crippen LogP contribution is 2.08. The summed E-state index contributed by atoms with van der Waals surface area (Å²) < 4.78 is 54.0. The van der Waals surface area contributed by atoms with Gasteiger partial charge in [-0.25, -0.2) is 21.6 Å². The first-order valence-corrected chi connectivity index (χ1v) is 3.94. The largest absolute Gasteiger partial charge is 0.269 e. The SMILES string of the molecule is O=[SH](=O)CCC(F)C(F)F. The van der Waals surface area contributed by atoms with Crippen molar-refractivity contribution in [3.63, 3.8) is 0 Å². The number of rotatable bonds is 4. The summed E-state index contributed by atoms with van der Waals surface area (Å²) in [6, 6.07) is 0. The zero-order chi connectivity index (χ0) is 8.15. The van der Waals surface area contributed by atoms with E-state index in [2.05, 4.69) is 0 Å². The topological polar surface area (TPSA) is 34.1 Å². The second-order valence-corrected chi connectivity index (χ2v) is 2.81. The minimum Gasteiger partial charge on any atom is -0.241 e. The molecule has 0 amide bonds. The van der Waals surface area contributed by atoms with Crippen molar-refractivity contribution in [2.75, 3.05) is 5.75 Å². The summed E-state index contributed by atoms with van der Waals surface area (Å²) in [5, 5.41) is 0. The van der Waals surface area contributed by atoms with Gasteiger partial charge in [0.15, 0.2) is 6.17 Å². The lowest BCUT2D eigenvalue weighted by Crippen LogP contribution is -2.13. The molecule has 0 radical (unpaired) electrons. The van der Waals surface area contributed by atoms with Gasteiger partial charge in [0.05, 0.1) is 5.75 Å². The van der Waals surface area contributed by atoms with Gasteiger partial charge in [-0.1, -0.05) is 0 Å². The summed E-state index contributed by atoms with van der Waals surface area (Å²) in [6.07, 6.45) is -6.00. The lowest BCUT2D eigenvalue weighted by Gasteiger charge is -2.01. The van der Waals surface area contributed by atoms with Crippen LogP contribution in [0.5, 0.6) is 0 Å². The van der Waals surface area contributed by atoms with Crippen molar-refractivity contribution in [1.29, 1.82) is 0 Å². The van der Waals surface area contributed by atoms with Crippen molar-refractivity contribution < 1.29 is 21.6 Å². The molecule has 1 unspecified atom stereocenters. The van der Waals surface area contributed by atoms with Crippen molar-refractivity contribution in [3.05, 3.63) is 0 Å². The summed E-state index contributed by atoms with van der Waals surface area (Å²) in [5.41, 5.74) is 0. The van der Waals surface area contributed by atoms with Crippen molar-refractivity contribution in [3.8, 4) is 0 Å². The molecule has 0 N–H and O–H groups in total. The van der Waals surface area contributed by atoms with Gasteiger partial charge in [-0.05, 0) is 6.42 Å². The molecule has 0 aliphatic heterocycles. The van der Waals surface area contributed by atoms with Crippen molar-refractivity contribution in [2.45, 2.75) is 19.0 Å². The molecule has 0 aliphatic carbocycles. The van der Waals surface area contributed by atoms with Crippen LogP contribution in [0.3, 0.4) is 0 Å². The zero-order valence-corrected chi connectivity index (χ0v) is 5.86.